The molecule has 0 bridgehead atoms. The fraction of sp³-hybridized carbons (Fsp3) is 0.389. The number of halogens is 1. The Morgan fingerprint density at radius 2 is 2.16 bits per heavy atom. The van der Waals surface area contributed by atoms with Crippen LogP contribution < -0.4 is 5.32 Å². The number of rotatable bonds is 6. The van der Waals surface area contributed by atoms with Crippen LogP contribution in [-0.2, 0) is 4.79 Å². The lowest BCUT2D eigenvalue weighted by Gasteiger charge is -2.41. The molecule has 2 unspecified atom stereocenters. The number of fused-ring (bicyclic) bond motifs is 1. The van der Waals surface area contributed by atoms with E-state index in [1.54, 1.807) is 7.05 Å². The highest BCUT2D eigenvalue weighted by atomic mass is 19.1. The van der Waals surface area contributed by atoms with Gasteiger partial charge in [0.1, 0.15) is 11.7 Å². The van der Waals surface area contributed by atoms with Crippen LogP contribution in [-0.4, -0.2) is 47.7 Å². The van der Waals surface area contributed by atoms with E-state index in [1.807, 2.05) is 13.8 Å². The van der Waals surface area contributed by atoms with Gasteiger partial charge >= 0.3 is 5.97 Å². The van der Waals surface area contributed by atoms with Crippen molar-refractivity contribution in [3.63, 3.8) is 0 Å². The van der Waals surface area contributed by atoms with Crippen LogP contribution in [0.15, 0.2) is 30.0 Å². The standard InChI is InChI=1S/C18H22FN3O3/c1-10(2)9-22-16(11(7-20)8-21-3)15(18(24)25)14-6-12(19)4-5-13(14)17(22)23/h4-8,10,15-16,20-21H,9H2,1-3H3,(H,24,25)/b11-8+,20-7?. The molecule has 0 fully saturated rings. The van der Waals surface area contributed by atoms with Crippen molar-refractivity contribution in [3.05, 3.63) is 46.9 Å². The van der Waals surface area contributed by atoms with Crippen molar-refractivity contribution in [1.29, 1.82) is 5.41 Å². The third-order valence-corrected chi connectivity index (χ3v) is 4.14. The summed E-state index contributed by atoms with van der Waals surface area (Å²) in [6, 6.07) is 2.71. The van der Waals surface area contributed by atoms with Crippen LogP contribution in [0.4, 0.5) is 4.39 Å². The van der Waals surface area contributed by atoms with Gasteiger partial charge in [0, 0.05) is 37.1 Å². The second-order valence-electron chi connectivity index (χ2n) is 6.42. The first-order valence-corrected chi connectivity index (χ1v) is 8.02. The zero-order valence-corrected chi connectivity index (χ0v) is 14.4. The van der Waals surface area contributed by atoms with Crippen LogP contribution in [0.5, 0.6) is 0 Å². The van der Waals surface area contributed by atoms with Crippen molar-refractivity contribution in [3.8, 4) is 0 Å². The molecule has 1 amide bonds. The van der Waals surface area contributed by atoms with E-state index in [0.29, 0.717) is 12.1 Å². The van der Waals surface area contributed by atoms with E-state index < -0.39 is 23.7 Å². The molecule has 6 nitrogen and oxygen atoms in total. The summed E-state index contributed by atoms with van der Waals surface area (Å²) in [7, 11) is 1.63. The summed E-state index contributed by atoms with van der Waals surface area (Å²) in [6.07, 6.45) is 2.53. The summed E-state index contributed by atoms with van der Waals surface area (Å²) in [5, 5.41) is 20.3. The fourth-order valence-corrected chi connectivity index (χ4v) is 3.23. The van der Waals surface area contributed by atoms with E-state index in [1.165, 1.54) is 17.2 Å². The third kappa shape index (κ3) is 3.55. The van der Waals surface area contributed by atoms with Gasteiger partial charge in [0.25, 0.3) is 5.91 Å². The normalized spacial score (nSPS) is 20.4. The monoisotopic (exact) mass is 347 g/mol. The van der Waals surface area contributed by atoms with Gasteiger partial charge < -0.3 is 20.7 Å². The summed E-state index contributed by atoms with van der Waals surface area (Å²) in [5.41, 5.74) is 0.685. The van der Waals surface area contributed by atoms with Crippen molar-refractivity contribution in [1.82, 2.24) is 10.2 Å². The molecule has 0 saturated heterocycles. The lowest BCUT2D eigenvalue weighted by Crippen LogP contribution is -2.52. The molecule has 0 saturated carbocycles. The highest BCUT2D eigenvalue weighted by molar-refractivity contribution is 6.02. The van der Waals surface area contributed by atoms with Gasteiger partial charge in [-0.2, -0.15) is 0 Å². The van der Waals surface area contributed by atoms with Gasteiger partial charge in [-0.25, -0.2) is 4.39 Å². The number of carboxylic acid groups (broad SMARTS) is 1. The molecule has 134 valence electrons. The second-order valence-corrected chi connectivity index (χ2v) is 6.42. The number of benzene rings is 1. The van der Waals surface area contributed by atoms with Gasteiger partial charge in [-0.3, -0.25) is 9.59 Å². The number of carbonyl (C=O) groups is 2. The summed E-state index contributed by atoms with van der Waals surface area (Å²) < 4.78 is 13.7. The lowest BCUT2D eigenvalue weighted by molar-refractivity contribution is -0.140. The predicted octanol–water partition coefficient (Wildman–Crippen LogP) is 2.23. The topological polar surface area (TPSA) is 93.5 Å². The Labute approximate surface area is 145 Å². The molecule has 2 atom stereocenters. The molecule has 2 rings (SSSR count). The first kappa shape index (κ1) is 18.6. The minimum Gasteiger partial charge on any atom is -0.481 e. The number of hydrogen-bond acceptors (Lipinski definition) is 4. The molecule has 1 aromatic carbocycles. The molecule has 0 aromatic heterocycles. The van der Waals surface area contributed by atoms with Crippen LogP contribution in [0, 0.1) is 17.1 Å². The Morgan fingerprint density at radius 3 is 2.68 bits per heavy atom. The molecular weight excluding hydrogens is 325 g/mol. The van der Waals surface area contributed by atoms with Crippen LogP contribution in [0.2, 0.25) is 0 Å². The van der Waals surface area contributed by atoms with Gasteiger partial charge in [0.2, 0.25) is 0 Å². The largest absolute Gasteiger partial charge is 0.481 e. The van der Waals surface area contributed by atoms with Crippen LogP contribution in [0.25, 0.3) is 0 Å². The van der Waals surface area contributed by atoms with Crippen molar-refractivity contribution in [2.45, 2.75) is 25.8 Å². The summed E-state index contributed by atoms with van der Waals surface area (Å²) in [5.74, 6) is -3.16. The Hall–Kier alpha value is -2.70. The van der Waals surface area contributed by atoms with Crippen molar-refractivity contribution in [2.24, 2.45) is 5.92 Å². The van der Waals surface area contributed by atoms with Crippen molar-refractivity contribution >= 4 is 18.1 Å². The van der Waals surface area contributed by atoms with E-state index in [-0.39, 0.29) is 23.0 Å². The minimum atomic E-state index is -1.16. The number of amides is 1. The SMILES string of the molecule is CN/C=C(\C=N)C1C(C(=O)O)c2cc(F)ccc2C(=O)N1CC(C)C. The van der Waals surface area contributed by atoms with Gasteiger partial charge in [-0.15, -0.1) is 0 Å². The molecule has 3 N–H and O–H groups in total. The van der Waals surface area contributed by atoms with E-state index in [0.717, 1.165) is 18.3 Å². The molecule has 0 spiro atoms. The smallest absolute Gasteiger partial charge is 0.313 e. The number of hydrogen-bond donors (Lipinski definition) is 3. The summed E-state index contributed by atoms with van der Waals surface area (Å²) in [4.78, 5) is 26.4. The molecule has 0 aliphatic carbocycles. The maximum Gasteiger partial charge on any atom is 0.313 e. The predicted molar refractivity (Wildman–Crippen MR) is 92.4 cm³/mol. The summed E-state index contributed by atoms with van der Waals surface area (Å²) in [6.45, 7) is 4.18. The average Bonchev–Trinajstić information content (AvgIpc) is 2.54. The summed E-state index contributed by atoms with van der Waals surface area (Å²) >= 11 is 0. The number of aliphatic carboxylic acids is 1. The van der Waals surface area contributed by atoms with E-state index in [4.69, 9.17) is 5.41 Å². The highest BCUT2D eigenvalue weighted by Crippen LogP contribution is 2.37. The average molecular weight is 347 g/mol. The van der Waals surface area contributed by atoms with Crippen molar-refractivity contribution in [2.75, 3.05) is 13.6 Å². The maximum absolute atomic E-state index is 13.7. The molecule has 7 heteroatoms. The molecule has 1 aliphatic rings. The zero-order valence-electron chi connectivity index (χ0n) is 14.4. The fourth-order valence-electron chi connectivity index (χ4n) is 3.23. The highest BCUT2D eigenvalue weighted by Gasteiger charge is 2.45. The quantitative estimate of drug-likeness (QED) is 0.688. The molecule has 0 radical (unpaired) electrons. The molecule has 1 aliphatic heterocycles. The number of carboxylic acids is 1. The number of nitrogens with zero attached hydrogens (tertiary/aromatic N) is 1. The van der Waals surface area contributed by atoms with Crippen LogP contribution in [0.3, 0.4) is 0 Å². The van der Waals surface area contributed by atoms with Gasteiger partial charge in [-0.05, 0) is 29.7 Å². The maximum atomic E-state index is 13.7. The Balaban J connectivity index is 2.73. The second kappa shape index (κ2) is 7.46. The lowest BCUT2D eigenvalue weighted by atomic mass is 9.79. The number of nitrogens with one attached hydrogen (secondary N) is 2. The van der Waals surface area contributed by atoms with Crippen molar-refractivity contribution < 1.29 is 19.1 Å². The molecular formula is C18H22FN3O3. The van der Waals surface area contributed by atoms with E-state index in [9.17, 15) is 19.1 Å². The first-order valence-electron chi connectivity index (χ1n) is 8.02. The minimum absolute atomic E-state index is 0.101. The first-order chi connectivity index (χ1) is 11.8. The zero-order chi connectivity index (χ0) is 18.7. The third-order valence-electron chi connectivity index (χ3n) is 4.14. The molecule has 1 aromatic rings. The van der Waals surface area contributed by atoms with Crippen LogP contribution >= 0.6 is 0 Å². The Morgan fingerprint density at radius 1 is 1.48 bits per heavy atom. The molecule has 25 heavy (non-hydrogen) atoms. The van der Waals surface area contributed by atoms with Gasteiger partial charge in [0.05, 0.1) is 6.04 Å². The molecule has 1 heterocycles. The van der Waals surface area contributed by atoms with Gasteiger partial charge in [0.15, 0.2) is 0 Å². The van der Waals surface area contributed by atoms with Crippen LogP contribution in [0.1, 0.15) is 35.7 Å². The Kier molecular flexibility index (Phi) is 5.56. The van der Waals surface area contributed by atoms with E-state index >= 15 is 0 Å². The number of carbonyl (C=O) groups excluding carboxylic acids is 1. The van der Waals surface area contributed by atoms with Gasteiger partial charge in [-0.1, -0.05) is 13.8 Å². The van der Waals surface area contributed by atoms with E-state index in [2.05, 4.69) is 5.32 Å². The Bertz CT molecular complexity index is 730.